The fraction of sp³-hybridized carbons (Fsp3) is 0.182. The van der Waals surface area contributed by atoms with E-state index in [1.165, 1.54) is 0 Å². The largest absolute Gasteiger partial charge is 0.493 e. The molecule has 78 valence electrons. The average molecular weight is 205 g/mol. The first kappa shape index (κ1) is 9.58. The molecule has 0 bridgehead atoms. The fourth-order valence-corrected chi connectivity index (χ4v) is 1.57. The number of benzene rings is 1. The van der Waals surface area contributed by atoms with E-state index < -0.39 is 0 Å². The van der Waals surface area contributed by atoms with Crippen LogP contribution in [-0.2, 0) is 0 Å². The zero-order valence-corrected chi connectivity index (χ0v) is 8.53. The summed E-state index contributed by atoms with van der Waals surface area (Å²) in [5, 5.41) is 0.836. The molecule has 4 nitrogen and oxygen atoms in total. The zero-order valence-electron chi connectivity index (χ0n) is 8.53. The zero-order chi connectivity index (χ0) is 10.8. The van der Waals surface area contributed by atoms with E-state index in [9.17, 15) is 4.79 Å². The number of methoxy groups -OCH3 is 2. The molecule has 0 spiro atoms. The van der Waals surface area contributed by atoms with Gasteiger partial charge in [0.25, 0.3) is 0 Å². The summed E-state index contributed by atoms with van der Waals surface area (Å²) in [6.07, 6.45) is 2.47. The van der Waals surface area contributed by atoms with Crippen LogP contribution in [0.5, 0.6) is 11.5 Å². The van der Waals surface area contributed by atoms with Crippen LogP contribution in [0, 0.1) is 0 Å². The number of aromatic nitrogens is 1. The Morgan fingerprint density at radius 2 is 1.87 bits per heavy atom. The predicted molar refractivity (Wildman–Crippen MR) is 56.8 cm³/mol. The summed E-state index contributed by atoms with van der Waals surface area (Å²) in [5.41, 5.74) is 1.47. The Hall–Kier alpha value is -1.97. The Kier molecular flexibility index (Phi) is 2.33. The number of ether oxygens (including phenoxy) is 2. The molecule has 0 saturated carbocycles. The molecule has 15 heavy (non-hydrogen) atoms. The van der Waals surface area contributed by atoms with Crippen molar-refractivity contribution in [2.75, 3.05) is 14.2 Å². The number of aromatic amines is 1. The number of nitrogens with one attached hydrogen (secondary N) is 1. The van der Waals surface area contributed by atoms with Crippen molar-refractivity contribution < 1.29 is 14.3 Å². The van der Waals surface area contributed by atoms with E-state index >= 15 is 0 Å². The van der Waals surface area contributed by atoms with Crippen molar-refractivity contribution in [1.82, 2.24) is 4.98 Å². The maximum absolute atomic E-state index is 10.7. The van der Waals surface area contributed by atoms with Gasteiger partial charge in [-0.2, -0.15) is 0 Å². The first-order valence-corrected chi connectivity index (χ1v) is 4.48. The second-order valence-electron chi connectivity index (χ2n) is 3.11. The number of aldehydes is 1. The standard InChI is InChI=1S/C11H11NO3/c1-14-10-3-8-7(6-13)5-12-9(8)4-11(10)15-2/h3-6,12H,1-2H3. The van der Waals surface area contributed by atoms with Crippen LogP contribution in [0.25, 0.3) is 10.9 Å². The first-order valence-electron chi connectivity index (χ1n) is 4.48. The summed E-state index contributed by atoms with van der Waals surface area (Å²) in [4.78, 5) is 13.7. The van der Waals surface area contributed by atoms with Gasteiger partial charge in [0.1, 0.15) is 0 Å². The van der Waals surface area contributed by atoms with Gasteiger partial charge in [-0.1, -0.05) is 0 Å². The average Bonchev–Trinajstić information content (AvgIpc) is 2.68. The predicted octanol–water partition coefficient (Wildman–Crippen LogP) is 2.00. The highest BCUT2D eigenvalue weighted by atomic mass is 16.5. The number of hydrogen-bond acceptors (Lipinski definition) is 3. The quantitative estimate of drug-likeness (QED) is 0.779. The van der Waals surface area contributed by atoms with Crippen LogP contribution in [0.4, 0.5) is 0 Å². The number of H-pyrrole nitrogens is 1. The molecule has 0 fully saturated rings. The molecule has 0 unspecified atom stereocenters. The highest BCUT2D eigenvalue weighted by Crippen LogP contribution is 2.32. The Bertz CT molecular complexity index is 502. The Labute approximate surface area is 86.8 Å². The second kappa shape index (κ2) is 3.65. The van der Waals surface area contributed by atoms with E-state index in [1.807, 2.05) is 0 Å². The van der Waals surface area contributed by atoms with Crippen molar-refractivity contribution >= 4 is 17.2 Å². The summed E-state index contributed by atoms with van der Waals surface area (Å²) in [5.74, 6) is 1.26. The van der Waals surface area contributed by atoms with E-state index in [0.717, 1.165) is 17.2 Å². The molecule has 0 aliphatic rings. The third kappa shape index (κ3) is 1.44. The molecule has 0 amide bonds. The maximum atomic E-state index is 10.7. The SMILES string of the molecule is COc1cc2[nH]cc(C=O)c2cc1OC. The van der Waals surface area contributed by atoms with Gasteiger partial charge >= 0.3 is 0 Å². The van der Waals surface area contributed by atoms with Crippen molar-refractivity contribution in [2.24, 2.45) is 0 Å². The molecule has 2 aromatic rings. The molecule has 1 heterocycles. The van der Waals surface area contributed by atoms with Crippen molar-refractivity contribution in [1.29, 1.82) is 0 Å². The molecule has 1 aromatic carbocycles. The molecule has 1 aromatic heterocycles. The van der Waals surface area contributed by atoms with Gasteiger partial charge in [0.05, 0.1) is 19.7 Å². The summed E-state index contributed by atoms with van der Waals surface area (Å²) in [6, 6.07) is 3.59. The molecule has 2 rings (SSSR count). The van der Waals surface area contributed by atoms with E-state index in [1.54, 1.807) is 32.5 Å². The number of hydrogen-bond donors (Lipinski definition) is 1. The smallest absolute Gasteiger partial charge is 0.162 e. The van der Waals surface area contributed by atoms with Gasteiger partial charge in [0.2, 0.25) is 0 Å². The molecule has 4 heteroatoms. The van der Waals surface area contributed by atoms with Crippen LogP contribution in [0.2, 0.25) is 0 Å². The van der Waals surface area contributed by atoms with Crippen molar-refractivity contribution in [3.63, 3.8) is 0 Å². The third-order valence-corrected chi connectivity index (χ3v) is 2.34. The molecule has 0 radical (unpaired) electrons. The van der Waals surface area contributed by atoms with Crippen molar-refractivity contribution in [2.45, 2.75) is 0 Å². The van der Waals surface area contributed by atoms with Crippen LogP contribution in [0.15, 0.2) is 18.3 Å². The number of carbonyl (C=O) groups excluding carboxylic acids is 1. The first-order chi connectivity index (χ1) is 7.30. The number of carbonyl (C=O) groups is 1. The van der Waals surface area contributed by atoms with Gasteiger partial charge in [-0.15, -0.1) is 0 Å². The van der Waals surface area contributed by atoms with E-state index in [0.29, 0.717) is 17.1 Å². The van der Waals surface area contributed by atoms with Gasteiger partial charge in [-0.25, -0.2) is 0 Å². The van der Waals surface area contributed by atoms with Gasteiger partial charge in [-0.05, 0) is 6.07 Å². The van der Waals surface area contributed by atoms with Crippen LogP contribution in [0.3, 0.4) is 0 Å². The van der Waals surface area contributed by atoms with Crippen molar-refractivity contribution in [3.8, 4) is 11.5 Å². The molecule has 0 saturated heterocycles. The Morgan fingerprint density at radius 1 is 1.20 bits per heavy atom. The van der Waals surface area contributed by atoms with Crippen LogP contribution < -0.4 is 9.47 Å². The van der Waals surface area contributed by atoms with Crippen molar-refractivity contribution in [3.05, 3.63) is 23.9 Å². The van der Waals surface area contributed by atoms with Gasteiger partial charge in [-0.3, -0.25) is 4.79 Å². The topological polar surface area (TPSA) is 51.3 Å². The van der Waals surface area contributed by atoms with Gasteiger partial charge in [0, 0.05) is 23.2 Å². The maximum Gasteiger partial charge on any atom is 0.162 e. The molecule has 0 atom stereocenters. The van der Waals surface area contributed by atoms with Crippen LogP contribution in [-0.4, -0.2) is 25.5 Å². The van der Waals surface area contributed by atoms with Gasteiger partial charge in [0.15, 0.2) is 17.8 Å². The summed E-state index contributed by atoms with van der Waals surface area (Å²) < 4.78 is 10.3. The van der Waals surface area contributed by atoms with E-state index in [-0.39, 0.29) is 0 Å². The van der Waals surface area contributed by atoms with Crippen LogP contribution in [0.1, 0.15) is 10.4 Å². The summed E-state index contributed by atoms with van der Waals surface area (Å²) in [6.45, 7) is 0. The molecular formula is C11H11NO3. The molecule has 0 aliphatic carbocycles. The highest BCUT2D eigenvalue weighted by Gasteiger charge is 2.09. The van der Waals surface area contributed by atoms with Crippen LogP contribution >= 0.6 is 0 Å². The molecule has 1 N–H and O–H groups in total. The fourth-order valence-electron chi connectivity index (χ4n) is 1.57. The minimum Gasteiger partial charge on any atom is -0.493 e. The molecule has 0 aliphatic heterocycles. The van der Waals surface area contributed by atoms with Gasteiger partial charge < -0.3 is 14.5 Å². The Morgan fingerprint density at radius 3 is 2.47 bits per heavy atom. The molecular weight excluding hydrogens is 194 g/mol. The minimum atomic E-state index is 0.617. The summed E-state index contributed by atoms with van der Waals surface area (Å²) in [7, 11) is 3.14. The third-order valence-electron chi connectivity index (χ3n) is 2.34. The number of rotatable bonds is 3. The van der Waals surface area contributed by atoms with E-state index in [4.69, 9.17) is 9.47 Å². The normalized spacial score (nSPS) is 10.3. The minimum absolute atomic E-state index is 0.617. The Balaban J connectivity index is 2.72. The lowest BCUT2D eigenvalue weighted by Gasteiger charge is -2.07. The lowest BCUT2D eigenvalue weighted by molar-refractivity contribution is 0.112. The highest BCUT2D eigenvalue weighted by molar-refractivity contribution is 5.98. The van der Waals surface area contributed by atoms with E-state index in [2.05, 4.69) is 4.98 Å². The summed E-state index contributed by atoms with van der Waals surface area (Å²) >= 11 is 0. The number of fused-ring (bicyclic) bond motifs is 1. The monoisotopic (exact) mass is 205 g/mol. The lowest BCUT2D eigenvalue weighted by Crippen LogP contribution is -1.90. The lowest BCUT2D eigenvalue weighted by atomic mass is 10.1. The second-order valence-corrected chi connectivity index (χ2v) is 3.11.